The Kier molecular flexibility index (Phi) is 4.86. The minimum Gasteiger partial charge on any atom is -0.497 e. The number of carbonyl (C=O) groups is 1. The first-order chi connectivity index (χ1) is 10.1. The van der Waals surface area contributed by atoms with Gasteiger partial charge >= 0.3 is 6.03 Å². The first kappa shape index (κ1) is 15.0. The Hall–Kier alpha value is -2.44. The Morgan fingerprint density at radius 3 is 3.10 bits per heavy atom. The van der Waals surface area contributed by atoms with Gasteiger partial charge in [0, 0.05) is 30.8 Å². The van der Waals surface area contributed by atoms with Gasteiger partial charge in [-0.1, -0.05) is 11.2 Å². The van der Waals surface area contributed by atoms with Crippen molar-refractivity contribution in [3.05, 3.63) is 24.3 Å². The average Bonchev–Trinajstić information content (AvgIpc) is 2.54. The van der Waals surface area contributed by atoms with Crippen LogP contribution in [0, 0.1) is 5.92 Å². The number of carbonyl (C=O) groups excluding carboxylic acids is 1. The molecule has 0 spiro atoms. The molecule has 1 heterocycles. The summed E-state index contributed by atoms with van der Waals surface area (Å²) in [7, 11) is 1.58. The highest BCUT2D eigenvalue weighted by atomic mass is 16.5. The SMILES string of the molecule is COc1cccc(NC(=O)N2CCCC(C(N)=NO)C2)c1. The molecule has 0 saturated carbocycles. The van der Waals surface area contributed by atoms with Crippen LogP contribution in [0.25, 0.3) is 0 Å². The molecule has 1 fully saturated rings. The molecule has 0 aromatic heterocycles. The summed E-state index contributed by atoms with van der Waals surface area (Å²) in [5.74, 6) is 0.759. The van der Waals surface area contributed by atoms with Crippen molar-refractivity contribution in [3.8, 4) is 5.75 Å². The number of oxime groups is 1. The number of ether oxygens (including phenoxy) is 1. The van der Waals surface area contributed by atoms with Gasteiger partial charge in [-0.3, -0.25) is 0 Å². The number of nitrogens with one attached hydrogen (secondary N) is 1. The fourth-order valence-electron chi connectivity index (χ4n) is 2.39. The largest absolute Gasteiger partial charge is 0.497 e. The van der Waals surface area contributed by atoms with Crippen LogP contribution in [0.3, 0.4) is 0 Å². The molecular formula is C14H20N4O3. The third kappa shape index (κ3) is 3.77. The molecule has 114 valence electrons. The van der Waals surface area contributed by atoms with Crippen molar-refractivity contribution in [2.75, 3.05) is 25.5 Å². The predicted molar refractivity (Wildman–Crippen MR) is 79.7 cm³/mol. The van der Waals surface area contributed by atoms with E-state index in [0.717, 1.165) is 12.8 Å². The van der Waals surface area contributed by atoms with Crippen LogP contribution in [0.5, 0.6) is 5.75 Å². The fraction of sp³-hybridized carbons (Fsp3) is 0.429. The summed E-state index contributed by atoms with van der Waals surface area (Å²) in [5, 5.41) is 14.6. The van der Waals surface area contributed by atoms with Gasteiger partial charge in [0.2, 0.25) is 0 Å². The average molecular weight is 292 g/mol. The number of piperidine rings is 1. The number of nitrogens with zero attached hydrogens (tertiary/aromatic N) is 2. The van der Waals surface area contributed by atoms with Crippen LogP contribution >= 0.6 is 0 Å². The molecule has 0 aliphatic carbocycles. The zero-order valence-corrected chi connectivity index (χ0v) is 12.0. The molecule has 1 aromatic carbocycles. The summed E-state index contributed by atoms with van der Waals surface area (Å²) in [5.41, 5.74) is 6.30. The standard InChI is InChI=1S/C14H20N4O3/c1-21-12-6-2-5-11(8-12)16-14(19)18-7-3-4-10(9-18)13(15)17-20/h2,5-6,8,10,20H,3-4,7,9H2,1H3,(H2,15,17)(H,16,19). The quantitative estimate of drug-likeness (QED) is 0.341. The number of amidine groups is 1. The van der Waals surface area contributed by atoms with Crippen LogP contribution in [-0.2, 0) is 0 Å². The number of benzene rings is 1. The Morgan fingerprint density at radius 2 is 2.38 bits per heavy atom. The molecule has 0 radical (unpaired) electrons. The number of hydrogen-bond acceptors (Lipinski definition) is 4. The normalized spacial score (nSPS) is 19.2. The molecule has 1 unspecified atom stereocenters. The van der Waals surface area contributed by atoms with Crippen LogP contribution in [0.1, 0.15) is 12.8 Å². The molecule has 7 heteroatoms. The van der Waals surface area contributed by atoms with Gasteiger partial charge in [0.05, 0.1) is 7.11 Å². The number of urea groups is 1. The Labute approximate surface area is 123 Å². The Morgan fingerprint density at radius 1 is 1.57 bits per heavy atom. The van der Waals surface area contributed by atoms with Crippen molar-refractivity contribution in [1.29, 1.82) is 0 Å². The maximum atomic E-state index is 12.3. The van der Waals surface area contributed by atoms with E-state index in [-0.39, 0.29) is 17.8 Å². The van der Waals surface area contributed by atoms with E-state index >= 15 is 0 Å². The lowest BCUT2D eigenvalue weighted by Gasteiger charge is -2.32. The second-order valence-electron chi connectivity index (χ2n) is 4.97. The van der Waals surface area contributed by atoms with Crippen LogP contribution in [-0.4, -0.2) is 42.2 Å². The molecule has 1 aliphatic heterocycles. The van der Waals surface area contributed by atoms with Gasteiger partial charge in [0.1, 0.15) is 11.6 Å². The molecule has 1 atom stereocenters. The topological polar surface area (TPSA) is 100 Å². The van der Waals surface area contributed by atoms with Gasteiger partial charge in [-0.25, -0.2) is 4.79 Å². The van der Waals surface area contributed by atoms with Crippen molar-refractivity contribution < 1.29 is 14.7 Å². The third-order valence-electron chi connectivity index (χ3n) is 3.56. The molecule has 0 bridgehead atoms. The lowest BCUT2D eigenvalue weighted by molar-refractivity contribution is 0.190. The van der Waals surface area contributed by atoms with E-state index in [0.29, 0.717) is 24.5 Å². The van der Waals surface area contributed by atoms with Crippen molar-refractivity contribution in [2.45, 2.75) is 12.8 Å². The summed E-state index contributed by atoms with van der Waals surface area (Å²) in [6.45, 7) is 1.11. The number of amides is 2. The van der Waals surface area contributed by atoms with Crippen LogP contribution < -0.4 is 15.8 Å². The minimum atomic E-state index is -0.196. The van der Waals surface area contributed by atoms with E-state index in [2.05, 4.69) is 10.5 Å². The first-order valence-corrected chi connectivity index (χ1v) is 6.81. The molecule has 4 N–H and O–H groups in total. The highest BCUT2D eigenvalue weighted by molar-refractivity contribution is 5.90. The van der Waals surface area contributed by atoms with Gasteiger partial charge in [-0.15, -0.1) is 0 Å². The molecule has 1 saturated heterocycles. The third-order valence-corrected chi connectivity index (χ3v) is 3.56. The number of anilines is 1. The lowest BCUT2D eigenvalue weighted by Crippen LogP contribution is -2.45. The molecule has 1 aliphatic rings. The van der Waals surface area contributed by atoms with Gasteiger partial charge in [0.25, 0.3) is 0 Å². The first-order valence-electron chi connectivity index (χ1n) is 6.81. The van der Waals surface area contributed by atoms with Crippen molar-refractivity contribution >= 4 is 17.6 Å². The minimum absolute atomic E-state index is 0.0974. The monoisotopic (exact) mass is 292 g/mol. The van der Waals surface area contributed by atoms with Gasteiger partial charge in [-0.05, 0) is 25.0 Å². The summed E-state index contributed by atoms with van der Waals surface area (Å²) in [4.78, 5) is 13.9. The summed E-state index contributed by atoms with van der Waals surface area (Å²) < 4.78 is 5.12. The maximum Gasteiger partial charge on any atom is 0.321 e. The summed E-state index contributed by atoms with van der Waals surface area (Å²) in [6, 6.07) is 6.97. The van der Waals surface area contributed by atoms with E-state index in [1.807, 2.05) is 12.1 Å². The Balaban J connectivity index is 1.99. The van der Waals surface area contributed by atoms with Crippen molar-refractivity contribution in [3.63, 3.8) is 0 Å². The van der Waals surface area contributed by atoms with E-state index in [4.69, 9.17) is 15.7 Å². The number of methoxy groups -OCH3 is 1. The molecular weight excluding hydrogens is 272 g/mol. The fourth-order valence-corrected chi connectivity index (χ4v) is 2.39. The molecule has 7 nitrogen and oxygen atoms in total. The number of nitrogens with two attached hydrogens (primary N) is 1. The maximum absolute atomic E-state index is 12.3. The number of likely N-dealkylation sites (tertiary alicyclic amines) is 1. The lowest BCUT2D eigenvalue weighted by atomic mass is 9.97. The predicted octanol–water partition coefficient (Wildman–Crippen LogP) is 1.69. The van der Waals surface area contributed by atoms with E-state index in [1.54, 1.807) is 24.1 Å². The van der Waals surface area contributed by atoms with Gasteiger partial charge in [-0.2, -0.15) is 0 Å². The molecule has 2 rings (SSSR count). The molecule has 21 heavy (non-hydrogen) atoms. The summed E-state index contributed by atoms with van der Waals surface area (Å²) in [6.07, 6.45) is 1.64. The van der Waals surface area contributed by atoms with Gasteiger partial charge in [0.15, 0.2) is 0 Å². The van der Waals surface area contributed by atoms with Crippen LogP contribution in [0.15, 0.2) is 29.4 Å². The highest BCUT2D eigenvalue weighted by Crippen LogP contribution is 2.20. The van der Waals surface area contributed by atoms with Crippen molar-refractivity contribution in [2.24, 2.45) is 16.8 Å². The van der Waals surface area contributed by atoms with E-state index < -0.39 is 0 Å². The van der Waals surface area contributed by atoms with Gasteiger partial charge < -0.3 is 25.9 Å². The zero-order chi connectivity index (χ0) is 15.2. The highest BCUT2D eigenvalue weighted by Gasteiger charge is 2.26. The number of rotatable bonds is 3. The van der Waals surface area contributed by atoms with E-state index in [1.165, 1.54) is 0 Å². The second kappa shape index (κ2) is 6.83. The zero-order valence-electron chi connectivity index (χ0n) is 12.0. The smallest absolute Gasteiger partial charge is 0.321 e. The van der Waals surface area contributed by atoms with Crippen LogP contribution in [0.2, 0.25) is 0 Å². The number of hydrogen-bond donors (Lipinski definition) is 3. The van der Waals surface area contributed by atoms with E-state index in [9.17, 15) is 4.79 Å². The van der Waals surface area contributed by atoms with Crippen LogP contribution in [0.4, 0.5) is 10.5 Å². The second-order valence-corrected chi connectivity index (χ2v) is 4.97. The Bertz CT molecular complexity index is 533. The van der Waals surface area contributed by atoms with Crippen molar-refractivity contribution in [1.82, 2.24) is 4.90 Å². The molecule has 2 amide bonds. The molecule has 1 aromatic rings. The summed E-state index contributed by atoms with van der Waals surface area (Å²) >= 11 is 0.